The quantitative estimate of drug-likeness (QED) is 0.878. The van der Waals surface area contributed by atoms with Crippen LogP contribution in [0.25, 0.3) is 0 Å². The lowest BCUT2D eigenvalue weighted by atomic mass is 9.76. The standard InChI is InChI=1S/C19H28N2O.2ClH/c1-2-4-16(5-3-1)6-9-19-14-20-12-17(19)13-21(15-19)18-7-10-22-11-8-18;;/h1-5,17-18,20H,6-15H2;2*1H. The summed E-state index contributed by atoms with van der Waals surface area (Å²) in [6.07, 6.45) is 5.01. The van der Waals surface area contributed by atoms with Gasteiger partial charge in [-0.05, 0) is 43.7 Å². The fourth-order valence-electron chi connectivity index (χ4n) is 4.79. The number of nitrogens with one attached hydrogen (secondary N) is 1. The van der Waals surface area contributed by atoms with Crippen molar-refractivity contribution in [3.05, 3.63) is 35.9 Å². The summed E-state index contributed by atoms with van der Waals surface area (Å²) in [7, 11) is 0. The van der Waals surface area contributed by atoms with E-state index in [-0.39, 0.29) is 24.8 Å². The van der Waals surface area contributed by atoms with Crippen LogP contribution in [0.3, 0.4) is 0 Å². The number of ether oxygens (including phenoxy) is 1. The largest absolute Gasteiger partial charge is 0.381 e. The minimum atomic E-state index is 0. The van der Waals surface area contributed by atoms with Gasteiger partial charge in [0, 0.05) is 44.3 Å². The summed E-state index contributed by atoms with van der Waals surface area (Å²) in [6.45, 7) is 6.94. The van der Waals surface area contributed by atoms with Crippen molar-refractivity contribution >= 4 is 24.8 Å². The van der Waals surface area contributed by atoms with Crippen molar-refractivity contribution in [1.29, 1.82) is 0 Å². The summed E-state index contributed by atoms with van der Waals surface area (Å²) in [4.78, 5) is 2.79. The van der Waals surface area contributed by atoms with E-state index in [1.807, 2.05) is 0 Å². The number of nitrogens with zero attached hydrogens (tertiary/aromatic N) is 1. The van der Waals surface area contributed by atoms with Crippen LogP contribution in [0.15, 0.2) is 30.3 Å². The number of hydrogen-bond acceptors (Lipinski definition) is 3. The Morgan fingerprint density at radius 2 is 1.88 bits per heavy atom. The van der Waals surface area contributed by atoms with E-state index in [4.69, 9.17) is 4.74 Å². The third-order valence-electron chi connectivity index (χ3n) is 6.17. The number of halogens is 2. The molecule has 4 rings (SSSR count). The van der Waals surface area contributed by atoms with Gasteiger partial charge < -0.3 is 10.1 Å². The van der Waals surface area contributed by atoms with Crippen molar-refractivity contribution in [3.63, 3.8) is 0 Å². The fourth-order valence-corrected chi connectivity index (χ4v) is 4.79. The van der Waals surface area contributed by atoms with Gasteiger partial charge in [0.1, 0.15) is 0 Å². The topological polar surface area (TPSA) is 24.5 Å². The molecule has 0 aromatic heterocycles. The van der Waals surface area contributed by atoms with Crippen molar-refractivity contribution < 1.29 is 4.74 Å². The maximum atomic E-state index is 5.54. The van der Waals surface area contributed by atoms with E-state index < -0.39 is 0 Å². The van der Waals surface area contributed by atoms with Gasteiger partial charge in [-0.3, -0.25) is 4.90 Å². The second kappa shape index (κ2) is 8.86. The number of hydrogen-bond donors (Lipinski definition) is 1. The van der Waals surface area contributed by atoms with Crippen LogP contribution >= 0.6 is 24.8 Å². The molecule has 3 nitrogen and oxygen atoms in total. The molecular weight excluding hydrogens is 343 g/mol. The zero-order chi connectivity index (χ0) is 14.8. The van der Waals surface area contributed by atoms with Gasteiger partial charge in [-0.2, -0.15) is 0 Å². The van der Waals surface area contributed by atoms with Crippen LogP contribution in [-0.4, -0.2) is 50.3 Å². The van der Waals surface area contributed by atoms with Crippen LogP contribution in [0.2, 0.25) is 0 Å². The lowest BCUT2D eigenvalue weighted by Crippen LogP contribution is -2.41. The zero-order valence-electron chi connectivity index (χ0n) is 14.3. The Balaban J connectivity index is 0.00000104. The van der Waals surface area contributed by atoms with E-state index in [9.17, 15) is 0 Å². The number of aryl methyl sites for hydroxylation is 1. The van der Waals surface area contributed by atoms with E-state index >= 15 is 0 Å². The van der Waals surface area contributed by atoms with Crippen molar-refractivity contribution in [2.45, 2.75) is 31.7 Å². The van der Waals surface area contributed by atoms with Gasteiger partial charge in [-0.15, -0.1) is 24.8 Å². The molecule has 3 heterocycles. The molecule has 0 spiro atoms. The maximum absolute atomic E-state index is 5.54. The zero-order valence-corrected chi connectivity index (χ0v) is 15.9. The van der Waals surface area contributed by atoms with Crippen LogP contribution in [0.1, 0.15) is 24.8 Å². The maximum Gasteiger partial charge on any atom is 0.0480 e. The molecule has 3 fully saturated rings. The SMILES string of the molecule is Cl.Cl.c1ccc(CCC23CNCC2CN(C2CCOCC2)C3)cc1. The molecule has 1 aromatic rings. The highest BCUT2D eigenvalue weighted by atomic mass is 35.5. The molecule has 0 bridgehead atoms. The van der Waals surface area contributed by atoms with Gasteiger partial charge in [0.15, 0.2) is 0 Å². The highest BCUT2D eigenvalue weighted by Gasteiger charge is 2.50. The van der Waals surface area contributed by atoms with Gasteiger partial charge >= 0.3 is 0 Å². The monoisotopic (exact) mass is 372 g/mol. The fraction of sp³-hybridized carbons (Fsp3) is 0.684. The predicted octanol–water partition coefficient (Wildman–Crippen LogP) is 3.16. The lowest BCUT2D eigenvalue weighted by Gasteiger charge is -2.33. The van der Waals surface area contributed by atoms with E-state index in [0.717, 1.165) is 25.2 Å². The number of rotatable bonds is 4. The first-order chi connectivity index (χ1) is 10.9. The Labute approximate surface area is 158 Å². The van der Waals surface area contributed by atoms with E-state index in [1.165, 1.54) is 57.4 Å². The number of benzene rings is 1. The minimum absolute atomic E-state index is 0. The molecule has 3 saturated heterocycles. The van der Waals surface area contributed by atoms with Gasteiger partial charge in [0.05, 0.1) is 0 Å². The first-order valence-electron chi connectivity index (χ1n) is 8.92. The Kier molecular flexibility index (Phi) is 7.39. The highest BCUT2D eigenvalue weighted by Crippen LogP contribution is 2.44. The van der Waals surface area contributed by atoms with Gasteiger partial charge in [0.2, 0.25) is 0 Å². The van der Waals surface area contributed by atoms with Crippen molar-refractivity contribution in [1.82, 2.24) is 10.2 Å². The Morgan fingerprint density at radius 3 is 2.62 bits per heavy atom. The molecule has 3 aliphatic heterocycles. The lowest BCUT2D eigenvalue weighted by molar-refractivity contribution is 0.0375. The predicted molar refractivity (Wildman–Crippen MR) is 103 cm³/mol. The van der Waals surface area contributed by atoms with Gasteiger partial charge in [-0.25, -0.2) is 0 Å². The molecular formula is C19H30Cl2N2O. The molecule has 1 N–H and O–H groups in total. The van der Waals surface area contributed by atoms with E-state index in [1.54, 1.807) is 0 Å². The molecule has 0 radical (unpaired) electrons. The van der Waals surface area contributed by atoms with Crippen molar-refractivity contribution in [2.24, 2.45) is 11.3 Å². The normalized spacial score (nSPS) is 30.4. The van der Waals surface area contributed by atoms with Crippen LogP contribution in [-0.2, 0) is 11.2 Å². The molecule has 5 heteroatoms. The molecule has 2 atom stereocenters. The first kappa shape index (κ1) is 20.0. The summed E-state index contributed by atoms with van der Waals surface area (Å²) in [5, 5.41) is 3.67. The van der Waals surface area contributed by atoms with Crippen LogP contribution in [0.4, 0.5) is 0 Å². The summed E-state index contributed by atoms with van der Waals surface area (Å²) in [6, 6.07) is 11.8. The van der Waals surface area contributed by atoms with Crippen LogP contribution in [0, 0.1) is 11.3 Å². The molecule has 136 valence electrons. The van der Waals surface area contributed by atoms with Crippen molar-refractivity contribution in [3.8, 4) is 0 Å². The average Bonchev–Trinajstić information content (AvgIpc) is 3.12. The van der Waals surface area contributed by atoms with Gasteiger partial charge in [0.25, 0.3) is 0 Å². The summed E-state index contributed by atoms with van der Waals surface area (Å²) in [5.74, 6) is 0.846. The van der Waals surface area contributed by atoms with Crippen molar-refractivity contribution in [2.75, 3.05) is 39.4 Å². The third kappa shape index (κ3) is 4.08. The second-order valence-corrected chi connectivity index (χ2v) is 7.45. The molecule has 1 aromatic carbocycles. The highest BCUT2D eigenvalue weighted by molar-refractivity contribution is 5.85. The molecule has 0 aliphatic carbocycles. The number of likely N-dealkylation sites (tertiary alicyclic amines) is 1. The van der Waals surface area contributed by atoms with Gasteiger partial charge in [-0.1, -0.05) is 30.3 Å². The summed E-state index contributed by atoms with van der Waals surface area (Å²) < 4.78 is 5.54. The minimum Gasteiger partial charge on any atom is -0.381 e. The molecule has 0 amide bonds. The van der Waals surface area contributed by atoms with E-state index in [0.29, 0.717) is 5.41 Å². The number of fused-ring (bicyclic) bond motifs is 1. The summed E-state index contributed by atoms with van der Waals surface area (Å²) in [5.41, 5.74) is 2.00. The Morgan fingerprint density at radius 1 is 1.12 bits per heavy atom. The average molecular weight is 373 g/mol. The van der Waals surface area contributed by atoms with Crippen LogP contribution in [0.5, 0.6) is 0 Å². The first-order valence-corrected chi connectivity index (χ1v) is 8.92. The third-order valence-corrected chi connectivity index (χ3v) is 6.17. The molecule has 24 heavy (non-hydrogen) atoms. The summed E-state index contributed by atoms with van der Waals surface area (Å²) >= 11 is 0. The second-order valence-electron chi connectivity index (χ2n) is 7.45. The Hall–Kier alpha value is -0.320. The molecule has 3 aliphatic rings. The molecule has 2 unspecified atom stereocenters. The van der Waals surface area contributed by atoms with Crippen LogP contribution < -0.4 is 5.32 Å². The molecule has 0 saturated carbocycles. The smallest absolute Gasteiger partial charge is 0.0480 e. The Bertz CT molecular complexity index is 495. The van der Waals surface area contributed by atoms with E-state index in [2.05, 4.69) is 40.5 Å².